The van der Waals surface area contributed by atoms with E-state index in [1.165, 1.54) is 24.9 Å². The van der Waals surface area contributed by atoms with Gasteiger partial charge in [-0.3, -0.25) is 4.79 Å². The molecule has 2 atom stereocenters. The third kappa shape index (κ3) is 6.25. The van der Waals surface area contributed by atoms with Gasteiger partial charge in [0.2, 0.25) is 17.8 Å². The molecule has 3 N–H and O–H groups in total. The molecule has 0 spiro atoms. The number of halogens is 1. The molecule has 9 heteroatoms. The van der Waals surface area contributed by atoms with Crippen LogP contribution in [0.25, 0.3) is 0 Å². The van der Waals surface area contributed by atoms with Gasteiger partial charge in [-0.2, -0.15) is 15.0 Å². The first-order chi connectivity index (χ1) is 16.0. The van der Waals surface area contributed by atoms with Crippen molar-refractivity contribution in [1.82, 2.24) is 20.3 Å². The first-order valence-corrected chi connectivity index (χ1v) is 12.4. The normalized spacial score (nSPS) is 20.9. The molecular formula is C24H34ClN7O. The first-order valence-electron chi connectivity index (χ1n) is 12.0. The van der Waals surface area contributed by atoms with Crippen LogP contribution >= 0.6 is 11.6 Å². The largest absolute Gasteiger partial charge is 0.371 e. The minimum Gasteiger partial charge on any atom is -0.371 e. The number of hydrogen-bond acceptors (Lipinski definition) is 7. The minimum atomic E-state index is -0.0330. The summed E-state index contributed by atoms with van der Waals surface area (Å²) < 4.78 is 0. The van der Waals surface area contributed by atoms with Crippen molar-refractivity contribution in [2.24, 2.45) is 5.92 Å². The number of rotatable bonds is 7. The highest BCUT2D eigenvalue weighted by molar-refractivity contribution is 6.31. The number of benzene rings is 1. The van der Waals surface area contributed by atoms with Crippen molar-refractivity contribution in [3.05, 3.63) is 34.6 Å². The van der Waals surface area contributed by atoms with Crippen LogP contribution in [0, 0.1) is 12.8 Å². The molecule has 1 aromatic carbocycles. The maximum Gasteiger partial charge on any atom is 0.227 e. The molecule has 1 aromatic heterocycles. The van der Waals surface area contributed by atoms with Crippen LogP contribution in [-0.4, -0.2) is 47.0 Å². The number of nitrogens with one attached hydrogen (secondary N) is 3. The highest BCUT2D eigenvalue weighted by Crippen LogP contribution is 2.28. The summed E-state index contributed by atoms with van der Waals surface area (Å²) in [6, 6.07) is 6.36. The molecule has 4 rings (SSSR count). The number of piperidine rings is 1. The van der Waals surface area contributed by atoms with Gasteiger partial charge in [-0.25, -0.2) is 0 Å². The van der Waals surface area contributed by atoms with Crippen LogP contribution in [0.4, 0.5) is 17.6 Å². The highest BCUT2D eigenvalue weighted by atomic mass is 35.5. The SMILES string of the molecule is CNc1nc(C)nc(N[C@H]2CCC[C@@H](C(=O)NCc3ccc(N4CCCCC4)cc3Cl)C2)n1. The Kier molecular flexibility index (Phi) is 7.85. The lowest BCUT2D eigenvalue weighted by Gasteiger charge is -2.29. The van der Waals surface area contributed by atoms with Crippen LogP contribution in [0.1, 0.15) is 56.3 Å². The molecule has 8 nitrogen and oxygen atoms in total. The molecule has 1 aliphatic heterocycles. The van der Waals surface area contributed by atoms with E-state index in [0.717, 1.165) is 44.3 Å². The second-order valence-corrected chi connectivity index (χ2v) is 9.43. The van der Waals surface area contributed by atoms with E-state index >= 15 is 0 Å². The average Bonchev–Trinajstić information content (AvgIpc) is 2.83. The van der Waals surface area contributed by atoms with E-state index in [9.17, 15) is 4.79 Å². The summed E-state index contributed by atoms with van der Waals surface area (Å²) >= 11 is 6.56. The molecule has 33 heavy (non-hydrogen) atoms. The van der Waals surface area contributed by atoms with Crippen molar-refractivity contribution in [3.63, 3.8) is 0 Å². The molecule has 2 heterocycles. The average molecular weight is 472 g/mol. The van der Waals surface area contributed by atoms with Crippen LogP contribution in [0.3, 0.4) is 0 Å². The first kappa shape index (κ1) is 23.5. The van der Waals surface area contributed by atoms with E-state index in [1.54, 1.807) is 7.05 Å². The lowest BCUT2D eigenvalue weighted by molar-refractivity contribution is -0.126. The van der Waals surface area contributed by atoms with Crippen molar-refractivity contribution in [1.29, 1.82) is 0 Å². The van der Waals surface area contributed by atoms with Gasteiger partial charge in [0.15, 0.2) is 0 Å². The van der Waals surface area contributed by atoms with Gasteiger partial charge in [0.25, 0.3) is 0 Å². The molecule has 0 unspecified atom stereocenters. The fourth-order valence-electron chi connectivity index (χ4n) is 4.75. The van der Waals surface area contributed by atoms with Gasteiger partial charge in [0, 0.05) is 49.4 Å². The number of amides is 1. The fraction of sp³-hybridized carbons (Fsp3) is 0.583. The van der Waals surface area contributed by atoms with Crippen LogP contribution in [-0.2, 0) is 11.3 Å². The number of aryl methyl sites for hydroxylation is 1. The molecule has 2 aromatic rings. The lowest BCUT2D eigenvalue weighted by Crippen LogP contribution is -2.37. The molecule has 1 aliphatic carbocycles. The Bertz CT molecular complexity index is 964. The summed E-state index contributed by atoms with van der Waals surface area (Å²) in [5.41, 5.74) is 2.13. The fourth-order valence-corrected chi connectivity index (χ4v) is 5.00. The Morgan fingerprint density at radius 3 is 2.64 bits per heavy atom. The zero-order valence-electron chi connectivity index (χ0n) is 19.5. The maximum atomic E-state index is 12.9. The summed E-state index contributed by atoms with van der Waals surface area (Å²) in [6.07, 6.45) is 7.40. The monoisotopic (exact) mass is 471 g/mol. The van der Waals surface area contributed by atoms with Gasteiger partial charge in [-0.1, -0.05) is 24.1 Å². The predicted octanol–water partition coefficient (Wildman–Crippen LogP) is 4.15. The van der Waals surface area contributed by atoms with E-state index in [4.69, 9.17) is 11.6 Å². The number of anilines is 3. The van der Waals surface area contributed by atoms with Gasteiger partial charge in [0.1, 0.15) is 5.82 Å². The molecule has 1 amide bonds. The molecule has 1 saturated heterocycles. The van der Waals surface area contributed by atoms with Gasteiger partial charge in [-0.05, 0) is 63.1 Å². The van der Waals surface area contributed by atoms with Crippen molar-refractivity contribution in [2.75, 3.05) is 35.7 Å². The topological polar surface area (TPSA) is 95.1 Å². The van der Waals surface area contributed by atoms with Gasteiger partial charge in [-0.15, -0.1) is 0 Å². The Morgan fingerprint density at radius 1 is 1.09 bits per heavy atom. The molecule has 1 saturated carbocycles. The van der Waals surface area contributed by atoms with Gasteiger partial charge < -0.3 is 20.9 Å². The lowest BCUT2D eigenvalue weighted by atomic mass is 9.85. The van der Waals surface area contributed by atoms with E-state index in [0.29, 0.717) is 29.3 Å². The molecule has 0 bridgehead atoms. The van der Waals surface area contributed by atoms with Crippen molar-refractivity contribution >= 4 is 35.1 Å². The Labute approximate surface area is 200 Å². The summed E-state index contributed by atoms with van der Waals surface area (Å²) in [5, 5.41) is 10.2. The molecule has 2 fully saturated rings. The summed E-state index contributed by atoms with van der Waals surface area (Å²) in [7, 11) is 1.78. The molecule has 0 radical (unpaired) electrons. The number of carbonyl (C=O) groups is 1. The van der Waals surface area contributed by atoms with E-state index in [-0.39, 0.29) is 17.9 Å². The summed E-state index contributed by atoms with van der Waals surface area (Å²) in [6.45, 7) is 4.47. The maximum absolute atomic E-state index is 12.9. The second kappa shape index (κ2) is 11.0. The van der Waals surface area contributed by atoms with Crippen LogP contribution < -0.4 is 20.9 Å². The zero-order chi connectivity index (χ0) is 23.2. The van der Waals surface area contributed by atoms with E-state index < -0.39 is 0 Å². The van der Waals surface area contributed by atoms with Crippen molar-refractivity contribution in [2.45, 2.75) is 64.5 Å². The zero-order valence-corrected chi connectivity index (χ0v) is 20.3. The standard InChI is InChI=1S/C24H34ClN7O/c1-16-28-23(26-2)31-24(29-16)30-19-8-6-7-17(13-19)22(33)27-15-18-9-10-20(14-21(18)25)32-11-4-3-5-12-32/h9-10,14,17,19H,3-8,11-13,15H2,1-2H3,(H,27,33)(H2,26,28,29,30,31)/t17-,19+/m1/s1. The Morgan fingerprint density at radius 2 is 1.88 bits per heavy atom. The summed E-state index contributed by atoms with van der Waals surface area (Å²) in [4.78, 5) is 28.3. The third-order valence-electron chi connectivity index (χ3n) is 6.56. The quantitative estimate of drug-likeness (QED) is 0.558. The highest BCUT2D eigenvalue weighted by Gasteiger charge is 2.28. The van der Waals surface area contributed by atoms with Crippen LogP contribution in [0.15, 0.2) is 18.2 Å². The van der Waals surface area contributed by atoms with Crippen LogP contribution in [0.5, 0.6) is 0 Å². The van der Waals surface area contributed by atoms with Gasteiger partial charge >= 0.3 is 0 Å². The van der Waals surface area contributed by atoms with Crippen molar-refractivity contribution < 1.29 is 4.79 Å². The van der Waals surface area contributed by atoms with E-state index in [2.05, 4.69) is 41.9 Å². The second-order valence-electron chi connectivity index (χ2n) is 9.03. The molecule has 2 aliphatic rings. The smallest absolute Gasteiger partial charge is 0.227 e. The Hall–Kier alpha value is -2.61. The number of aromatic nitrogens is 3. The van der Waals surface area contributed by atoms with Crippen molar-refractivity contribution in [3.8, 4) is 0 Å². The minimum absolute atomic E-state index is 0.0330. The van der Waals surface area contributed by atoms with Crippen LogP contribution in [0.2, 0.25) is 5.02 Å². The third-order valence-corrected chi connectivity index (χ3v) is 6.91. The van der Waals surface area contributed by atoms with Gasteiger partial charge in [0.05, 0.1) is 0 Å². The molecular weight excluding hydrogens is 438 g/mol. The predicted molar refractivity (Wildman–Crippen MR) is 133 cm³/mol. The number of hydrogen-bond donors (Lipinski definition) is 3. The number of carbonyl (C=O) groups excluding carboxylic acids is 1. The summed E-state index contributed by atoms with van der Waals surface area (Å²) in [5.74, 6) is 1.80. The Balaban J connectivity index is 1.30. The number of nitrogens with zero attached hydrogens (tertiary/aromatic N) is 4. The van der Waals surface area contributed by atoms with E-state index in [1.807, 2.05) is 19.1 Å². The molecule has 178 valence electrons.